The molecule has 1 unspecified atom stereocenters. The van der Waals surface area contributed by atoms with Crippen LogP contribution in [0.5, 0.6) is 0 Å². The summed E-state index contributed by atoms with van der Waals surface area (Å²) >= 11 is 0. The predicted octanol–water partition coefficient (Wildman–Crippen LogP) is 3.05. The Morgan fingerprint density at radius 3 is 2.31 bits per heavy atom. The van der Waals surface area contributed by atoms with Crippen molar-refractivity contribution in [1.29, 1.82) is 0 Å². The van der Waals surface area contributed by atoms with Crippen molar-refractivity contribution in [3.8, 4) is 0 Å². The molecule has 2 heteroatoms. The highest BCUT2D eigenvalue weighted by molar-refractivity contribution is 4.82. The molecular formula is C14H30N2. The Balaban J connectivity index is 4.27. The van der Waals surface area contributed by atoms with Crippen LogP contribution in [0.2, 0.25) is 0 Å². The SMILES string of the molecule is C=CCN(CC)C(CCC)CNC(C)(C)C. The molecule has 0 aliphatic rings. The lowest BCUT2D eigenvalue weighted by Crippen LogP contribution is -2.47. The van der Waals surface area contributed by atoms with Crippen molar-refractivity contribution >= 4 is 0 Å². The summed E-state index contributed by atoms with van der Waals surface area (Å²) in [6, 6.07) is 0.632. The van der Waals surface area contributed by atoms with E-state index < -0.39 is 0 Å². The van der Waals surface area contributed by atoms with Gasteiger partial charge in [-0.3, -0.25) is 4.90 Å². The van der Waals surface area contributed by atoms with Gasteiger partial charge in [-0.1, -0.05) is 26.3 Å². The van der Waals surface area contributed by atoms with Gasteiger partial charge in [0.25, 0.3) is 0 Å². The summed E-state index contributed by atoms with van der Waals surface area (Å²) in [4.78, 5) is 2.50. The van der Waals surface area contributed by atoms with E-state index in [2.05, 4.69) is 51.4 Å². The van der Waals surface area contributed by atoms with Gasteiger partial charge in [-0.25, -0.2) is 0 Å². The van der Waals surface area contributed by atoms with E-state index in [1.54, 1.807) is 0 Å². The molecule has 0 saturated heterocycles. The van der Waals surface area contributed by atoms with Crippen LogP contribution in [0.3, 0.4) is 0 Å². The second-order valence-electron chi connectivity index (χ2n) is 5.45. The highest BCUT2D eigenvalue weighted by atomic mass is 15.2. The van der Waals surface area contributed by atoms with Gasteiger partial charge in [0.2, 0.25) is 0 Å². The summed E-state index contributed by atoms with van der Waals surface area (Å²) in [7, 11) is 0. The number of hydrogen-bond donors (Lipinski definition) is 1. The van der Waals surface area contributed by atoms with Crippen LogP contribution in [0.1, 0.15) is 47.5 Å². The molecule has 0 aromatic heterocycles. The van der Waals surface area contributed by atoms with Crippen molar-refractivity contribution < 1.29 is 0 Å². The average molecular weight is 226 g/mol. The Kier molecular flexibility index (Phi) is 7.69. The maximum Gasteiger partial charge on any atom is 0.0223 e. The lowest BCUT2D eigenvalue weighted by molar-refractivity contribution is 0.198. The van der Waals surface area contributed by atoms with Gasteiger partial charge in [0.05, 0.1) is 0 Å². The quantitative estimate of drug-likeness (QED) is 0.640. The van der Waals surface area contributed by atoms with Gasteiger partial charge < -0.3 is 5.32 Å². The van der Waals surface area contributed by atoms with Gasteiger partial charge in [0, 0.05) is 24.7 Å². The van der Waals surface area contributed by atoms with Crippen LogP contribution < -0.4 is 5.32 Å². The summed E-state index contributed by atoms with van der Waals surface area (Å²) < 4.78 is 0. The fourth-order valence-corrected chi connectivity index (χ4v) is 1.87. The zero-order chi connectivity index (χ0) is 12.6. The van der Waals surface area contributed by atoms with Gasteiger partial charge in [-0.2, -0.15) is 0 Å². The summed E-state index contributed by atoms with van der Waals surface area (Å²) in [6.07, 6.45) is 4.50. The third-order valence-corrected chi connectivity index (χ3v) is 2.78. The number of nitrogens with one attached hydrogen (secondary N) is 1. The van der Waals surface area contributed by atoms with Crippen LogP contribution >= 0.6 is 0 Å². The number of nitrogens with zero attached hydrogens (tertiary/aromatic N) is 1. The lowest BCUT2D eigenvalue weighted by Gasteiger charge is -2.32. The van der Waals surface area contributed by atoms with Gasteiger partial charge >= 0.3 is 0 Å². The Morgan fingerprint density at radius 1 is 1.31 bits per heavy atom. The van der Waals surface area contributed by atoms with Crippen LogP contribution in [0, 0.1) is 0 Å². The molecule has 0 saturated carbocycles. The lowest BCUT2D eigenvalue weighted by atomic mass is 10.1. The second-order valence-corrected chi connectivity index (χ2v) is 5.45. The van der Waals surface area contributed by atoms with E-state index in [0.29, 0.717) is 6.04 Å². The highest BCUT2D eigenvalue weighted by Crippen LogP contribution is 2.08. The minimum atomic E-state index is 0.208. The zero-order valence-electron chi connectivity index (χ0n) is 11.8. The summed E-state index contributed by atoms with van der Waals surface area (Å²) in [5.41, 5.74) is 0.208. The van der Waals surface area contributed by atoms with Crippen LogP contribution in [-0.2, 0) is 0 Å². The summed E-state index contributed by atoms with van der Waals surface area (Å²) in [5, 5.41) is 3.60. The van der Waals surface area contributed by atoms with E-state index in [9.17, 15) is 0 Å². The molecule has 2 nitrogen and oxygen atoms in total. The van der Waals surface area contributed by atoms with Crippen LogP contribution in [0.4, 0.5) is 0 Å². The molecular weight excluding hydrogens is 196 g/mol. The molecule has 16 heavy (non-hydrogen) atoms. The van der Waals surface area contributed by atoms with Gasteiger partial charge in [0.15, 0.2) is 0 Å². The maximum absolute atomic E-state index is 3.84. The average Bonchev–Trinajstić information content (AvgIpc) is 2.20. The molecule has 1 N–H and O–H groups in total. The van der Waals surface area contributed by atoms with Crippen molar-refractivity contribution in [1.82, 2.24) is 10.2 Å². The van der Waals surface area contributed by atoms with Gasteiger partial charge in [-0.05, 0) is 33.7 Å². The second kappa shape index (κ2) is 7.86. The molecule has 0 rings (SSSR count). The van der Waals surface area contributed by atoms with E-state index >= 15 is 0 Å². The molecule has 0 aliphatic heterocycles. The molecule has 0 aliphatic carbocycles. The molecule has 0 fully saturated rings. The first kappa shape index (κ1) is 15.7. The Morgan fingerprint density at radius 2 is 1.94 bits per heavy atom. The van der Waals surface area contributed by atoms with Crippen molar-refractivity contribution in [2.45, 2.75) is 59.0 Å². The normalized spacial score (nSPS) is 14.1. The standard InChI is InChI=1S/C14H30N2/c1-7-10-13(12-15-14(4,5)6)16(9-3)11-8-2/h8,13,15H,2,7,9-12H2,1,3-6H3. The van der Waals surface area contributed by atoms with E-state index in [0.717, 1.165) is 19.6 Å². The topological polar surface area (TPSA) is 15.3 Å². The molecule has 0 aromatic carbocycles. The minimum absolute atomic E-state index is 0.208. The van der Waals surface area contributed by atoms with Gasteiger partial charge in [-0.15, -0.1) is 6.58 Å². The van der Waals surface area contributed by atoms with Crippen LogP contribution in [0.25, 0.3) is 0 Å². The molecule has 96 valence electrons. The predicted molar refractivity (Wildman–Crippen MR) is 73.9 cm³/mol. The third kappa shape index (κ3) is 7.02. The van der Waals surface area contributed by atoms with Gasteiger partial charge in [0.1, 0.15) is 0 Å². The number of rotatable bonds is 8. The fourth-order valence-electron chi connectivity index (χ4n) is 1.87. The molecule has 0 radical (unpaired) electrons. The van der Waals surface area contributed by atoms with Crippen molar-refractivity contribution in [3.05, 3.63) is 12.7 Å². The molecule has 0 heterocycles. The highest BCUT2D eigenvalue weighted by Gasteiger charge is 2.17. The monoisotopic (exact) mass is 226 g/mol. The fraction of sp³-hybridized carbons (Fsp3) is 0.857. The number of likely N-dealkylation sites (N-methyl/N-ethyl adjacent to an activating group) is 1. The third-order valence-electron chi connectivity index (χ3n) is 2.78. The van der Waals surface area contributed by atoms with E-state index in [4.69, 9.17) is 0 Å². The largest absolute Gasteiger partial charge is 0.311 e. The van der Waals surface area contributed by atoms with Crippen molar-refractivity contribution in [2.75, 3.05) is 19.6 Å². The Hall–Kier alpha value is -0.340. The summed E-state index contributed by atoms with van der Waals surface area (Å²) in [5.74, 6) is 0. The first-order valence-electron chi connectivity index (χ1n) is 6.54. The van der Waals surface area contributed by atoms with Crippen molar-refractivity contribution in [2.24, 2.45) is 0 Å². The maximum atomic E-state index is 3.84. The molecule has 0 aromatic rings. The first-order chi connectivity index (χ1) is 7.44. The smallest absolute Gasteiger partial charge is 0.0223 e. The van der Waals surface area contributed by atoms with Crippen molar-refractivity contribution in [3.63, 3.8) is 0 Å². The molecule has 0 amide bonds. The first-order valence-corrected chi connectivity index (χ1v) is 6.54. The Labute approximate surface area is 102 Å². The van der Waals surface area contributed by atoms with E-state index in [1.165, 1.54) is 12.8 Å². The summed E-state index contributed by atoms with van der Waals surface area (Å²) in [6.45, 7) is 18.1. The Bertz CT molecular complexity index is 182. The molecule has 0 bridgehead atoms. The van der Waals surface area contributed by atoms with E-state index in [-0.39, 0.29) is 5.54 Å². The van der Waals surface area contributed by atoms with Crippen LogP contribution in [-0.4, -0.2) is 36.1 Å². The molecule has 1 atom stereocenters. The zero-order valence-corrected chi connectivity index (χ0v) is 11.8. The van der Waals surface area contributed by atoms with Crippen LogP contribution in [0.15, 0.2) is 12.7 Å². The molecule has 0 spiro atoms. The number of hydrogen-bond acceptors (Lipinski definition) is 2. The minimum Gasteiger partial charge on any atom is -0.311 e. The van der Waals surface area contributed by atoms with E-state index in [1.807, 2.05) is 6.08 Å².